The van der Waals surface area contributed by atoms with Crippen LogP contribution in [0.5, 0.6) is 5.75 Å². The van der Waals surface area contributed by atoms with Gasteiger partial charge in [-0.25, -0.2) is 4.79 Å². The number of hydrogen-bond donors (Lipinski definition) is 1. The summed E-state index contributed by atoms with van der Waals surface area (Å²) in [7, 11) is 1.62. The molecule has 1 aromatic heterocycles. The molecule has 1 amide bonds. The van der Waals surface area contributed by atoms with Gasteiger partial charge in [-0.05, 0) is 28.2 Å². The molecule has 0 saturated carbocycles. The predicted molar refractivity (Wildman–Crippen MR) is 126 cm³/mol. The smallest absolute Gasteiger partial charge is 0.490 e. The molecular formula is C21H22F3IN4O6. The van der Waals surface area contributed by atoms with Crippen LogP contribution in [0.2, 0.25) is 0 Å². The summed E-state index contributed by atoms with van der Waals surface area (Å²) in [6, 6.07) is 9.52. The zero-order chi connectivity index (χ0) is 26.0. The third-order valence-corrected chi connectivity index (χ3v) is 6.14. The van der Waals surface area contributed by atoms with Crippen LogP contribution >= 0.6 is 22.6 Å². The van der Waals surface area contributed by atoms with Gasteiger partial charge in [0.1, 0.15) is 13.3 Å². The number of carbonyl (C=O) groups excluding carboxylic acids is 1. The van der Waals surface area contributed by atoms with Crippen molar-refractivity contribution < 1.29 is 37.3 Å². The van der Waals surface area contributed by atoms with E-state index in [0.717, 1.165) is 5.56 Å². The van der Waals surface area contributed by atoms with Gasteiger partial charge in [-0.2, -0.15) is 13.2 Å². The molecule has 2 bridgehead atoms. The highest BCUT2D eigenvalue weighted by Gasteiger charge is 2.38. The summed E-state index contributed by atoms with van der Waals surface area (Å²) in [4.78, 5) is 36.5. The molecule has 0 spiro atoms. The van der Waals surface area contributed by atoms with Crippen molar-refractivity contribution in [3.8, 4) is 5.75 Å². The van der Waals surface area contributed by atoms with E-state index in [1.165, 1.54) is 0 Å². The number of aromatic nitrogens is 1. The van der Waals surface area contributed by atoms with Gasteiger partial charge in [0.25, 0.3) is 5.91 Å². The number of carbonyl (C=O) groups is 2. The molecule has 1 saturated heterocycles. The van der Waals surface area contributed by atoms with E-state index in [1.54, 1.807) is 22.8 Å². The maximum Gasteiger partial charge on any atom is 0.490 e. The summed E-state index contributed by atoms with van der Waals surface area (Å²) < 4.78 is 39.4. The molecule has 3 heterocycles. The van der Waals surface area contributed by atoms with E-state index in [9.17, 15) is 28.0 Å². The first kappa shape index (κ1) is 26.7. The molecule has 10 nitrogen and oxygen atoms in total. The molecule has 35 heavy (non-hydrogen) atoms. The van der Waals surface area contributed by atoms with Crippen molar-refractivity contribution in [3.05, 3.63) is 66.8 Å². The molecule has 1 unspecified atom stereocenters. The van der Waals surface area contributed by atoms with Gasteiger partial charge in [0.15, 0.2) is 11.4 Å². The van der Waals surface area contributed by atoms with Crippen LogP contribution in [0.25, 0.3) is 0 Å². The summed E-state index contributed by atoms with van der Waals surface area (Å²) in [5.74, 6) is -2.97. The van der Waals surface area contributed by atoms with Crippen molar-refractivity contribution in [1.82, 2.24) is 9.58 Å². The van der Waals surface area contributed by atoms with Gasteiger partial charge >= 0.3 is 12.1 Å². The maximum absolute atomic E-state index is 13.1. The van der Waals surface area contributed by atoms with Gasteiger partial charge in [-0.15, -0.1) is 0 Å². The molecule has 1 aromatic carbocycles. The van der Waals surface area contributed by atoms with E-state index in [4.69, 9.17) is 14.6 Å². The monoisotopic (exact) mass is 610 g/mol. The maximum atomic E-state index is 13.1. The molecule has 14 heteroatoms. The van der Waals surface area contributed by atoms with E-state index < -0.39 is 16.8 Å². The number of alkyl halides is 3. The van der Waals surface area contributed by atoms with Gasteiger partial charge < -0.3 is 24.6 Å². The second-order valence-electron chi connectivity index (χ2n) is 8.09. The predicted octanol–water partition coefficient (Wildman–Crippen LogP) is 1.97. The molecule has 190 valence electrons. The highest BCUT2D eigenvalue weighted by molar-refractivity contribution is 14.1. The highest BCUT2D eigenvalue weighted by Crippen LogP contribution is 2.25. The number of benzene rings is 1. The lowest BCUT2D eigenvalue weighted by atomic mass is 10.2. The number of carboxylic acids is 1. The summed E-state index contributed by atoms with van der Waals surface area (Å²) in [5, 5.41) is 21.5. The molecule has 1 atom stereocenters. The number of quaternary nitrogens is 1. The van der Waals surface area contributed by atoms with Gasteiger partial charge in [0.2, 0.25) is 5.43 Å². The average Bonchev–Trinajstić information content (AvgIpc) is 2.78. The number of rotatable bonds is 3. The Morgan fingerprint density at radius 1 is 1.20 bits per heavy atom. The van der Waals surface area contributed by atoms with Gasteiger partial charge in [0, 0.05) is 6.20 Å². The van der Waals surface area contributed by atoms with Crippen LogP contribution in [-0.4, -0.2) is 77.3 Å². The zero-order valence-electron chi connectivity index (χ0n) is 18.5. The minimum absolute atomic E-state index is 0.0652. The van der Waals surface area contributed by atoms with Crippen LogP contribution in [-0.2, 0) is 11.4 Å². The third-order valence-electron chi connectivity index (χ3n) is 5.37. The first-order valence-electron chi connectivity index (χ1n) is 10.3. The van der Waals surface area contributed by atoms with Crippen LogP contribution in [0.4, 0.5) is 13.2 Å². The number of amides is 1. The van der Waals surface area contributed by atoms with E-state index in [-0.39, 0.29) is 29.4 Å². The van der Waals surface area contributed by atoms with Gasteiger partial charge in [-0.3, -0.25) is 19.3 Å². The van der Waals surface area contributed by atoms with Crippen LogP contribution in [0.3, 0.4) is 0 Å². The lowest BCUT2D eigenvalue weighted by Crippen LogP contribution is -2.61. The highest BCUT2D eigenvalue weighted by atomic mass is 127. The number of nitrogens with zero attached hydrogens (tertiary/aromatic N) is 4. The third kappa shape index (κ3) is 6.43. The number of hydrogen-bond acceptors (Lipinski definition) is 6. The molecule has 1 N–H and O–H groups in total. The first-order valence-corrected chi connectivity index (χ1v) is 11.4. The normalized spacial score (nSPS) is 19.7. The molecule has 2 aliphatic heterocycles. The lowest BCUT2D eigenvalue weighted by Gasteiger charge is -2.47. The SMILES string of the molecule is C[N+]1([O-])CCN2CN(CC1)n1cc(I)c(=O)c(OCc3ccccc3)c1C2=O.O=C(O)C(F)(F)F. The number of fused-ring (bicyclic) bond motifs is 4. The standard InChI is InChI=1S/C19H21IN4O4.C2HF3O2/c1-24(27)9-7-21-13-22(8-10-24)23-11-15(20)17(25)18(16(23)19(21)26)28-12-14-5-3-2-4-6-14;3-2(4,5)1(6)7/h2-6,11H,7-10,12-13H2,1H3;(H,6,7). The van der Waals surface area contributed by atoms with E-state index in [2.05, 4.69) is 0 Å². The number of halogens is 4. The minimum Gasteiger partial charge on any atom is -0.633 e. The van der Waals surface area contributed by atoms with Crippen LogP contribution in [0.15, 0.2) is 41.3 Å². The van der Waals surface area contributed by atoms with Crippen LogP contribution in [0.1, 0.15) is 16.1 Å². The minimum atomic E-state index is -5.08. The van der Waals surface area contributed by atoms with E-state index >= 15 is 0 Å². The van der Waals surface area contributed by atoms with Crippen LogP contribution in [0, 0.1) is 8.78 Å². The zero-order valence-corrected chi connectivity index (χ0v) is 20.7. The Kier molecular flexibility index (Phi) is 7.96. The number of likely N-dealkylation sites (N-methyl/N-ethyl adjacent to an activating group) is 1. The van der Waals surface area contributed by atoms with Crippen molar-refractivity contribution in [1.29, 1.82) is 0 Å². The van der Waals surface area contributed by atoms with E-state index in [1.807, 2.05) is 57.9 Å². The number of pyridine rings is 1. The van der Waals surface area contributed by atoms with Gasteiger partial charge in [-0.1, -0.05) is 30.3 Å². The molecule has 0 radical (unpaired) electrons. The summed E-state index contributed by atoms with van der Waals surface area (Å²) >= 11 is 1.96. The molecule has 2 aliphatic rings. The average molecular weight is 610 g/mol. The Hall–Kier alpha value is -2.85. The summed E-state index contributed by atoms with van der Waals surface area (Å²) in [6.07, 6.45) is -3.43. The van der Waals surface area contributed by atoms with E-state index in [0.29, 0.717) is 36.4 Å². The Bertz CT molecular complexity index is 1160. The second kappa shape index (κ2) is 10.4. The second-order valence-corrected chi connectivity index (χ2v) is 9.25. The fraction of sp³-hybridized carbons (Fsp3) is 0.381. The van der Waals surface area contributed by atoms with Crippen molar-refractivity contribution in [2.24, 2.45) is 0 Å². The molecular weight excluding hydrogens is 588 g/mol. The molecule has 4 rings (SSSR count). The molecule has 0 aliphatic carbocycles. The summed E-state index contributed by atoms with van der Waals surface area (Å²) in [6.45, 7) is 2.15. The number of ether oxygens (including phenoxy) is 1. The Morgan fingerprint density at radius 3 is 2.40 bits per heavy atom. The number of hydroxylamine groups is 3. The topological polar surface area (TPSA) is 115 Å². The fourth-order valence-electron chi connectivity index (χ4n) is 3.43. The van der Waals surface area contributed by atoms with Crippen molar-refractivity contribution in [2.45, 2.75) is 12.8 Å². The van der Waals surface area contributed by atoms with Crippen molar-refractivity contribution >= 4 is 34.5 Å². The quantitative estimate of drug-likeness (QED) is 0.321. The number of aliphatic carboxylic acids is 1. The molecule has 2 aromatic rings. The Labute approximate surface area is 211 Å². The van der Waals surface area contributed by atoms with Gasteiger partial charge in [0.05, 0.1) is 36.8 Å². The van der Waals surface area contributed by atoms with Crippen LogP contribution < -0.4 is 15.2 Å². The van der Waals surface area contributed by atoms with Crippen molar-refractivity contribution in [3.63, 3.8) is 0 Å². The summed E-state index contributed by atoms with van der Waals surface area (Å²) in [5.41, 5.74) is 0.853. The Balaban J connectivity index is 0.000000429. The number of carboxylic acid groups (broad SMARTS) is 1. The first-order chi connectivity index (χ1) is 16.3. The largest absolute Gasteiger partial charge is 0.633 e. The fourth-order valence-corrected chi connectivity index (χ4v) is 3.94. The van der Waals surface area contributed by atoms with Crippen molar-refractivity contribution in [2.75, 3.05) is 44.9 Å². The Morgan fingerprint density at radius 2 is 1.80 bits per heavy atom. The lowest BCUT2D eigenvalue weighted by molar-refractivity contribution is -0.859. The molecule has 1 fully saturated rings.